The van der Waals surface area contributed by atoms with Gasteiger partial charge in [0.15, 0.2) is 0 Å². The van der Waals surface area contributed by atoms with Crippen LogP contribution in [0.2, 0.25) is 0 Å². The lowest BCUT2D eigenvalue weighted by Crippen LogP contribution is -2.62. The van der Waals surface area contributed by atoms with Gasteiger partial charge in [0.25, 0.3) is 0 Å². The lowest BCUT2D eigenvalue weighted by molar-refractivity contribution is -0.129. The lowest BCUT2D eigenvalue weighted by Gasteiger charge is -2.54. The highest BCUT2D eigenvalue weighted by atomic mass is 16.5. The first-order valence-electron chi connectivity index (χ1n) is 11.8. The zero-order valence-corrected chi connectivity index (χ0v) is 18.7. The molecule has 0 saturated carbocycles. The van der Waals surface area contributed by atoms with Crippen LogP contribution in [0, 0.1) is 0 Å². The number of H-pyrrole nitrogens is 2. The van der Waals surface area contributed by atoms with Crippen molar-refractivity contribution in [2.45, 2.75) is 49.8 Å². The second-order valence-electron chi connectivity index (χ2n) is 9.79. The molecule has 2 aromatic heterocycles. The summed E-state index contributed by atoms with van der Waals surface area (Å²) in [5.74, 6) is 0.915. The molecule has 32 heavy (non-hydrogen) atoms. The van der Waals surface area contributed by atoms with E-state index in [0.717, 1.165) is 44.4 Å². The summed E-state index contributed by atoms with van der Waals surface area (Å²) in [6, 6.07) is 13.9. The third kappa shape index (κ3) is 2.41. The van der Waals surface area contributed by atoms with Crippen LogP contribution in [-0.4, -0.2) is 47.3 Å². The minimum Gasteiger partial charge on any atom is -0.497 e. The van der Waals surface area contributed by atoms with Crippen molar-refractivity contribution in [1.29, 1.82) is 0 Å². The molecule has 0 bridgehead atoms. The molecule has 2 aromatic carbocycles. The number of rotatable bonds is 2. The first-order valence-corrected chi connectivity index (χ1v) is 11.8. The van der Waals surface area contributed by atoms with Crippen LogP contribution in [0.15, 0.2) is 42.6 Å². The molecule has 1 fully saturated rings. The number of aromatic amines is 2. The average molecular weight is 428 g/mol. The Labute approximate surface area is 187 Å². The second kappa shape index (κ2) is 6.63. The molecule has 5 heteroatoms. The maximum absolute atomic E-state index is 6.44. The van der Waals surface area contributed by atoms with E-state index in [1.807, 2.05) is 13.2 Å². The number of hydrogen-bond donors (Lipinski definition) is 2. The Morgan fingerprint density at radius 1 is 1.12 bits per heavy atom. The third-order valence-corrected chi connectivity index (χ3v) is 8.55. The van der Waals surface area contributed by atoms with Gasteiger partial charge in [0.1, 0.15) is 5.75 Å². The Morgan fingerprint density at radius 3 is 2.94 bits per heavy atom. The van der Waals surface area contributed by atoms with Crippen LogP contribution in [0.4, 0.5) is 0 Å². The van der Waals surface area contributed by atoms with Gasteiger partial charge in [-0.3, -0.25) is 4.90 Å². The van der Waals surface area contributed by atoms with E-state index in [-0.39, 0.29) is 5.60 Å². The minimum absolute atomic E-state index is 0.145. The quantitative estimate of drug-likeness (QED) is 0.478. The number of methoxy groups -OCH3 is 2. The van der Waals surface area contributed by atoms with Gasteiger partial charge in [0.2, 0.25) is 0 Å². The van der Waals surface area contributed by atoms with Crippen molar-refractivity contribution in [2.75, 3.05) is 20.8 Å². The van der Waals surface area contributed by atoms with Gasteiger partial charge in [-0.1, -0.05) is 12.1 Å². The van der Waals surface area contributed by atoms with Crippen LogP contribution < -0.4 is 4.74 Å². The van der Waals surface area contributed by atoms with Crippen LogP contribution in [0.25, 0.3) is 21.8 Å². The molecule has 1 saturated heterocycles. The summed E-state index contributed by atoms with van der Waals surface area (Å²) in [5, 5.41) is 2.74. The van der Waals surface area contributed by atoms with Crippen LogP contribution in [0.1, 0.15) is 41.3 Å². The Kier molecular flexibility index (Phi) is 3.89. The highest BCUT2D eigenvalue weighted by Crippen LogP contribution is 2.50. The predicted octanol–water partition coefficient (Wildman–Crippen LogP) is 4.90. The molecular formula is C27H29N3O2. The molecule has 2 aliphatic heterocycles. The van der Waals surface area contributed by atoms with Gasteiger partial charge in [-0.25, -0.2) is 0 Å². The zero-order chi connectivity index (χ0) is 21.4. The molecule has 164 valence electrons. The van der Waals surface area contributed by atoms with Crippen molar-refractivity contribution in [3.8, 4) is 5.75 Å². The first kappa shape index (κ1) is 18.8. The number of ether oxygens (including phenoxy) is 2. The summed E-state index contributed by atoms with van der Waals surface area (Å²) < 4.78 is 12.0. The highest BCUT2D eigenvalue weighted by molar-refractivity contribution is 5.88. The lowest BCUT2D eigenvalue weighted by atomic mass is 9.70. The van der Waals surface area contributed by atoms with E-state index < -0.39 is 0 Å². The van der Waals surface area contributed by atoms with Crippen molar-refractivity contribution in [3.05, 3.63) is 65.0 Å². The Bertz CT molecular complexity index is 1350. The summed E-state index contributed by atoms with van der Waals surface area (Å²) in [6.07, 6.45) is 7.52. The van der Waals surface area contributed by atoms with Gasteiger partial charge in [0, 0.05) is 72.3 Å². The molecule has 2 N–H and O–H groups in total. The summed E-state index contributed by atoms with van der Waals surface area (Å²) in [5.41, 5.74) is 8.07. The third-order valence-electron chi connectivity index (χ3n) is 8.55. The average Bonchev–Trinajstić information content (AvgIpc) is 3.36. The van der Waals surface area contributed by atoms with E-state index in [4.69, 9.17) is 9.47 Å². The number of fused-ring (bicyclic) bond motifs is 7. The smallest absolute Gasteiger partial charge is 0.119 e. The van der Waals surface area contributed by atoms with Crippen molar-refractivity contribution in [1.82, 2.24) is 14.9 Å². The monoisotopic (exact) mass is 427 g/mol. The fourth-order valence-corrected chi connectivity index (χ4v) is 6.99. The van der Waals surface area contributed by atoms with E-state index in [1.165, 1.54) is 44.2 Å². The molecular weight excluding hydrogens is 398 g/mol. The van der Waals surface area contributed by atoms with Crippen LogP contribution in [0.5, 0.6) is 5.75 Å². The predicted molar refractivity (Wildman–Crippen MR) is 126 cm³/mol. The van der Waals surface area contributed by atoms with Crippen molar-refractivity contribution < 1.29 is 9.47 Å². The molecule has 0 radical (unpaired) electrons. The number of aromatic nitrogens is 2. The van der Waals surface area contributed by atoms with Crippen molar-refractivity contribution >= 4 is 21.8 Å². The molecule has 3 atom stereocenters. The van der Waals surface area contributed by atoms with E-state index in [9.17, 15) is 0 Å². The van der Waals surface area contributed by atoms with Gasteiger partial charge in [-0.05, 0) is 60.2 Å². The van der Waals surface area contributed by atoms with E-state index >= 15 is 0 Å². The van der Waals surface area contributed by atoms with Gasteiger partial charge in [-0.2, -0.15) is 0 Å². The molecule has 3 aliphatic rings. The number of benzene rings is 2. The number of piperidine rings is 1. The van der Waals surface area contributed by atoms with Gasteiger partial charge in [-0.15, -0.1) is 0 Å². The number of hydrogen-bond acceptors (Lipinski definition) is 3. The Hall–Kier alpha value is -2.76. The molecule has 5 nitrogen and oxygen atoms in total. The van der Waals surface area contributed by atoms with Gasteiger partial charge < -0.3 is 19.4 Å². The first-order chi connectivity index (χ1) is 15.7. The SMILES string of the molecule is COc1ccc2[nH]c3c(c2c1)C[C@]1(OC)CC[C@H]2c4c[nH]c5cccc(c45)CCN2[C@@H]1C3. The summed E-state index contributed by atoms with van der Waals surface area (Å²) in [4.78, 5) is 10.1. The molecule has 0 spiro atoms. The van der Waals surface area contributed by atoms with E-state index in [0.29, 0.717) is 12.1 Å². The largest absolute Gasteiger partial charge is 0.497 e. The van der Waals surface area contributed by atoms with E-state index in [2.05, 4.69) is 51.4 Å². The maximum Gasteiger partial charge on any atom is 0.119 e. The van der Waals surface area contributed by atoms with Crippen LogP contribution in [-0.2, 0) is 24.0 Å². The summed E-state index contributed by atoms with van der Waals surface area (Å²) in [6.45, 7) is 1.08. The van der Waals surface area contributed by atoms with Crippen LogP contribution >= 0.6 is 0 Å². The second-order valence-corrected chi connectivity index (χ2v) is 9.79. The Balaban J connectivity index is 1.34. The summed E-state index contributed by atoms with van der Waals surface area (Å²) >= 11 is 0. The molecule has 0 amide bonds. The Morgan fingerprint density at radius 2 is 2.06 bits per heavy atom. The van der Waals surface area contributed by atoms with Crippen LogP contribution in [0.3, 0.4) is 0 Å². The molecule has 4 heterocycles. The number of nitrogens with one attached hydrogen (secondary N) is 2. The number of nitrogens with zero attached hydrogens (tertiary/aromatic N) is 1. The standard InChI is InChI=1S/C27H29N3O2/c1-31-17-6-7-21-18(12-17)19-14-27(32-2)10-8-24-20-15-28-22-5-3-4-16(26(20)22)9-11-30(24)25(27)13-23(19)29-21/h3-7,12,15,24-25,28-29H,8-11,13-14H2,1-2H3/t24-,25+,27+/m0/s1. The fourth-order valence-electron chi connectivity index (χ4n) is 6.99. The van der Waals surface area contributed by atoms with Crippen molar-refractivity contribution in [2.24, 2.45) is 0 Å². The maximum atomic E-state index is 6.44. The van der Waals surface area contributed by atoms with Crippen molar-refractivity contribution in [3.63, 3.8) is 0 Å². The molecule has 1 aliphatic carbocycles. The molecule has 7 rings (SSSR count). The fraction of sp³-hybridized carbons (Fsp3) is 0.407. The zero-order valence-electron chi connectivity index (χ0n) is 18.7. The summed E-state index contributed by atoms with van der Waals surface area (Å²) in [7, 11) is 3.67. The molecule has 4 aromatic rings. The topological polar surface area (TPSA) is 53.3 Å². The normalized spacial score (nSPS) is 27.1. The van der Waals surface area contributed by atoms with Gasteiger partial charge in [0.05, 0.1) is 12.7 Å². The highest BCUT2D eigenvalue weighted by Gasteiger charge is 2.52. The molecule has 0 unspecified atom stereocenters. The van der Waals surface area contributed by atoms with E-state index in [1.54, 1.807) is 7.11 Å². The van der Waals surface area contributed by atoms with Gasteiger partial charge >= 0.3 is 0 Å². The minimum atomic E-state index is -0.145.